The molecule has 7 nitrogen and oxygen atoms in total. The van der Waals surface area contributed by atoms with Gasteiger partial charge < -0.3 is 15.0 Å². The van der Waals surface area contributed by atoms with Gasteiger partial charge >= 0.3 is 5.97 Å². The van der Waals surface area contributed by atoms with Gasteiger partial charge in [0.05, 0.1) is 17.5 Å². The summed E-state index contributed by atoms with van der Waals surface area (Å²) in [6.07, 6.45) is 0.0109. The molecule has 1 aliphatic heterocycles. The summed E-state index contributed by atoms with van der Waals surface area (Å²) in [5, 5.41) is 4.25. The monoisotopic (exact) mass is 411 g/mol. The lowest BCUT2D eigenvalue weighted by Crippen LogP contribution is -2.28. The van der Waals surface area contributed by atoms with Crippen LogP contribution in [0.25, 0.3) is 0 Å². The number of esters is 1. The first-order valence-corrected chi connectivity index (χ1v) is 9.33. The SMILES string of the molecule is CCOC(=O)c1csc(NC(=O)[C@H]2CC(=O)N(c3ccc(F)c(Cl)c3)C2)n1. The van der Waals surface area contributed by atoms with Crippen LogP contribution in [-0.4, -0.2) is 35.9 Å². The molecule has 1 aromatic carbocycles. The molecule has 2 aromatic rings. The molecule has 10 heteroatoms. The molecule has 1 atom stereocenters. The molecule has 1 aromatic heterocycles. The summed E-state index contributed by atoms with van der Waals surface area (Å²) >= 11 is 6.85. The van der Waals surface area contributed by atoms with E-state index in [0.29, 0.717) is 5.69 Å². The van der Waals surface area contributed by atoms with Gasteiger partial charge in [0.25, 0.3) is 0 Å². The lowest BCUT2D eigenvalue weighted by atomic mass is 10.1. The number of carbonyl (C=O) groups is 3. The second kappa shape index (κ2) is 8.01. The third-order valence-corrected chi connectivity index (χ3v) is 4.98. The van der Waals surface area contributed by atoms with Crippen molar-refractivity contribution in [2.45, 2.75) is 13.3 Å². The van der Waals surface area contributed by atoms with Gasteiger partial charge in [-0.3, -0.25) is 9.59 Å². The van der Waals surface area contributed by atoms with Crippen LogP contribution >= 0.6 is 22.9 Å². The first kappa shape index (κ1) is 19.2. The smallest absolute Gasteiger partial charge is 0.357 e. The highest BCUT2D eigenvalue weighted by molar-refractivity contribution is 7.14. The average molecular weight is 412 g/mol. The molecule has 0 bridgehead atoms. The number of hydrogen-bond donors (Lipinski definition) is 1. The molecule has 1 saturated heterocycles. The van der Waals surface area contributed by atoms with Crippen LogP contribution in [0.1, 0.15) is 23.8 Å². The number of ether oxygens (including phenoxy) is 1. The Morgan fingerprint density at radius 2 is 2.26 bits per heavy atom. The highest BCUT2D eigenvalue weighted by Crippen LogP contribution is 2.29. The van der Waals surface area contributed by atoms with E-state index in [1.165, 1.54) is 28.5 Å². The lowest BCUT2D eigenvalue weighted by Gasteiger charge is -2.17. The molecule has 3 rings (SSSR count). The number of anilines is 2. The van der Waals surface area contributed by atoms with Gasteiger partial charge in [0.15, 0.2) is 10.8 Å². The maximum Gasteiger partial charge on any atom is 0.357 e. The van der Waals surface area contributed by atoms with Gasteiger partial charge in [0.2, 0.25) is 11.8 Å². The van der Waals surface area contributed by atoms with Crippen LogP contribution in [0, 0.1) is 11.7 Å². The van der Waals surface area contributed by atoms with E-state index in [4.69, 9.17) is 16.3 Å². The second-order valence-corrected chi connectivity index (χ2v) is 7.02. The normalized spacial score (nSPS) is 16.5. The zero-order valence-electron chi connectivity index (χ0n) is 14.2. The number of thiazole rings is 1. The zero-order chi connectivity index (χ0) is 19.6. The fourth-order valence-electron chi connectivity index (χ4n) is 2.62. The summed E-state index contributed by atoms with van der Waals surface area (Å²) in [7, 11) is 0. The van der Waals surface area contributed by atoms with E-state index >= 15 is 0 Å². The highest BCUT2D eigenvalue weighted by atomic mass is 35.5. The Bertz CT molecular complexity index is 904. The van der Waals surface area contributed by atoms with Gasteiger partial charge in [0.1, 0.15) is 5.82 Å². The standard InChI is InChI=1S/C17H15ClFN3O4S/c1-2-26-16(25)13-8-27-17(20-13)21-15(24)9-5-14(23)22(7-9)10-3-4-12(19)11(18)6-10/h3-4,6,8-9H,2,5,7H2,1H3,(H,20,21,24)/t9-/m0/s1. The van der Waals surface area contributed by atoms with E-state index in [2.05, 4.69) is 10.3 Å². The van der Waals surface area contributed by atoms with Crippen molar-refractivity contribution in [3.63, 3.8) is 0 Å². The lowest BCUT2D eigenvalue weighted by molar-refractivity contribution is -0.122. The van der Waals surface area contributed by atoms with E-state index in [9.17, 15) is 18.8 Å². The number of nitrogens with zero attached hydrogens (tertiary/aromatic N) is 2. The van der Waals surface area contributed by atoms with Crippen molar-refractivity contribution in [1.82, 2.24) is 4.98 Å². The summed E-state index contributed by atoms with van der Waals surface area (Å²) in [5.41, 5.74) is 0.544. The number of hydrogen-bond acceptors (Lipinski definition) is 6. The van der Waals surface area contributed by atoms with E-state index < -0.39 is 17.7 Å². The average Bonchev–Trinajstić information content (AvgIpc) is 3.24. The fraction of sp³-hybridized carbons (Fsp3) is 0.294. The maximum atomic E-state index is 13.3. The zero-order valence-corrected chi connectivity index (χ0v) is 15.8. The minimum atomic E-state index is -0.601. The van der Waals surface area contributed by atoms with Gasteiger partial charge in [-0.1, -0.05) is 11.6 Å². The Balaban J connectivity index is 1.65. The summed E-state index contributed by atoms with van der Waals surface area (Å²) in [6.45, 7) is 2.05. The van der Waals surface area contributed by atoms with Crippen LogP contribution in [0.4, 0.5) is 15.2 Å². The number of benzene rings is 1. The number of aromatic nitrogens is 1. The predicted octanol–water partition coefficient (Wildman–Crippen LogP) is 3.10. The van der Waals surface area contributed by atoms with Crippen molar-refractivity contribution in [1.29, 1.82) is 0 Å². The van der Waals surface area contributed by atoms with Gasteiger partial charge in [-0.05, 0) is 25.1 Å². The molecular formula is C17H15ClFN3O4S. The molecule has 0 unspecified atom stereocenters. The molecule has 0 radical (unpaired) electrons. The van der Waals surface area contributed by atoms with E-state index in [1.807, 2.05) is 0 Å². The molecule has 2 amide bonds. The summed E-state index contributed by atoms with van der Waals surface area (Å²) < 4.78 is 18.1. The van der Waals surface area contributed by atoms with Crippen molar-refractivity contribution in [2.75, 3.05) is 23.4 Å². The summed E-state index contributed by atoms with van der Waals surface area (Å²) in [4.78, 5) is 41.7. The van der Waals surface area contributed by atoms with Gasteiger partial charge in [-0.2, -0.15) is 0 Å². The van der Waals surface area contributed by atoms with Crippen molar-refractivity contribution < 1.29 is 23.5 Å². The Morgan fingerprint density at radius 3 is 2.96 bits per heavy atom. The first-order valence-electron chi connectivity index (χ1n) is 8.08. The molecule has 1 aliphatic rings. The molecule has 0 aliphatic carbocycles. The fourth-order valence-corrected chi connectivity index (χ4v) is 3.48. The van der Waals surface area contributed by atoms with Gasteiger partial charge in [-0.25, -0.2) is 14.2 Å². The molecule has 0 saturated carbocycles. The van der Waals surface area contributed by atoms with Crippen LogP contribution in [0.3, 0.4) is 0 Å². The first-order chi connectivity index (χ1) is 12.9. The molecule has 27 heavy (non-hydrogen) atoms. The molecule has 1 N–H and O–H groups in total. The Morgan fingerprint density at radius 1 is 1.48 bits per heavy atom. The summed E-state index contributed by atoms with van der Waals surface area (Å²) in [6, 6.07) is 3.96. The van der Waals surface area contributed by atoms with Crippen LogP contribution in [0.5, 0.6) is 0 Å². The van der Waals surface area contributed by atoms with Gasteiger partial charge in [0, 0.05) is 24.0 Å². The van der Waals surface area contributed by atoms with Crippen LogP contribution in [0.2, 0.25) is 5.02 Å². The Hall–Kier alpha value is -2.52. The minimum absolute atomic E-state index is 0.0109. The van der Waals surface area contributed by atoms with E-state index in [1.54, 1.807) is 6.92 Å². The third-order valence-electron chi connectivity index (χ3n) is 3.93. The topological polar surface area (TPSA) is 88.6 Å². The highest BCUT2D eigenvalue weighted by Gasteiger charge is 2.35. The Labute approximate surface area is 163 Å². The maximum absolute atomic E-state index is 13.3. The number of nitrogens with one attached hydrogen (secondary N) is 1. The predicted molar refractivity (Wildman–Crippen MR) is 98.6 cm³/mol. The van der Waals surface area contributed by atoms with Crippen LogP contribution in [-0.2, 0) is 14.3 Å². The second-order valence-electron chi connectivity index (χ2n) is 5.75. The molecule has 1 fully saturated rings. The molecule has 0 spiro atoms. The van der Waals surface area contributed by atoms with Crippen LogP contribution in [0.15, 0.2) is 23.6 Å². The molecule has 142 valence electrons. The van der Waals surface area contributed by atoms with Crippen molar-refractivity contribution in [3.8, 4) is 0 Å². The van der Waals surface area contributed by atoms with Crippen molar-refractivity contribution in [2.24, 2.45) is 5.92 Å². The number of amides is 2. The largest absolute Gasteiger partial charge is 0.461 e. The van der Waals surface area contributed by atoms with E-state index in [-0.39, 0.29) is 47.2 Å². The van der Waals surface area contributed by atoms with Crippen LogP contribution < -0.4 is 10.2 Å². The number of carbonyl (C=O) groups excluding carboxylic acids is 3. The Kier molecular flexibility index (Phi) is 5.71. The number of rotatable bonds is 5. The third kappa shape index (κ3) is 4.25. The van der Waals surface area contributed by atoms with E-state index in [0.717, 1.165) is 11.3 Å². The quantitative estimate of drug-likeness (QED) is 0.764. The molecule has 2 heterocycles. The van der Waals surface area contributed by atoms with Crippen molar-refractivity contribution >= 4 is 51.5 Å². The molecular weight excluding hydrogens is 397 g/mol. The number of halogens is 2. The minimum Gasteiger partial charge on any atom is -0.461 e. The van der Waals surface area contributed by atoms with Crippen molar-refractivity contribution in [3.05, 3.63) is 40.1 Å². The summed E-state index contributed by atoms with van der Waals surface area (Å²) in [5.74, 6) is -2.39. The van der Waals surface area contributed by atoms with Gasteiger partial charge in [-0.15, -0.1) is 11.3 Å².